The molecule has 10 heteroatoms. The van der Waals surface area contributed by atoms with Crippen molar-refractivity contribution < 1.29 is 32.3 Å². The van der Waals surface area contributed by atoms with Gasteiger partial charge in [-0.1, -0.05) is 12.1 Å². The van der Waals surface area contributed by atoms with Gasteiger partial charge in [0.05, 0.1) is 22.9 Å². The molecule has 1 aromatic heterocycles. The molecule has 32 heavy (non-hydrogen) atoms. The number of ether oxygens (including phenoxy) is 1. The molecule has 174 valence electrons. The van der Waals surface area contributed by atoms with Crippen LogP contribution in [-0.2, 0) is 15.7 Å². The number of aromatic nitrogens is 1. The zero-order valence-corrected chi connectivity index (χ0v) is 18.5. The maximum absolute atomic E-state index is 13.1. The second kappa shape index (κ2) is 9.88. The summed E-state index contributed by atoms with van der Waals surface area (Å²) in [4.78, 5) is 41.8. The number of halogens is 3. The van der Waals surface area contributed by atoms with Gasteiger partial charge in [-0.15, -0.1) is 0 Å². The third-order valence-electron chi connectivity index (χ3n) is 4.71. The Kier molecular flexibility index (Phi) is 7.71. The van der Waals surface area contributed by atoms with Gasteiger partial charge >= 0.3 is 12.1 Å². The second-order valence-corrected chi connectivity index (χ2v) is 7.49. The number of anilines is 1. The van der Waals surface area contributed by atoms with Gasteiger partial charge in [-0.2, -0.15) is 13.2 Å². The summed E-state index contributed by atoms with van der Waals surface area (Å²) >= 11 is 0. The molecule has 1 aromatic carbocycles. The van der Waals surface area contributed by atoms with E-state index >= 15 is 0 Å². The number of esters is 1. The average molecular weight is 453 g/mol. The maximum atomic E-state index is 13.1. The van der Waals surface area contributed by atoms with Crippen LogP contribution in [0.25, 0.3) is 0 Å². The van der Waals surface area contributed by atoms with Crippen LogP contribution in [0.1, 0.15) is 58.4 Å². The maximum Gasteiger partial charge on any atom is 0.418 e. The molecule has 0 aliphatic heterocycles. The Balaban J connectivity index is 2.21. The number of nitrogens with one attached hydrogen (secondary N) is 2. The lowest BCUT2D eigenvalue weighted by atomic mass is 10.1. The third-order valence-corrected chi connectivity index (χ3v) is 4.71. The predicted octanol–water partition coefficient (Wildman–Crippen LogP) is 4.32. The zero-order valence-electron chi connectivity index (χ0n) is 18.5. The molecule has 1 heterocycles. The van der Waals surface area contributed by atoms with Crippen LogP contribution in [0, 0.1) is 13.8 Å². The number of benzene rings is 1. The summed E-state index contributed by atoms with van der Waals surface area (Å²) in [7, 11) is 0. The summed E-state index contributed by atoms with van der Waals surface area (Å²) in [6, 6.07) is 4.60. The van der Waals surface area contributed by atoms with E-state index < -0.39 is 36.1 Å². The number of H-pyrrole nitrogens is 1. The SMILES string of the molecule is CCN(CC(=O)Nc1ccccc1C(F)(F)F)C(=O)c1[nH]c(C)c(C(=O)OC(C)C)c1C. The number of rotatable bonds is 7. The van der Waals surface area contributed by atoms with E-state index in [2.05, 4.69) is 10.3 Å². The number of alkyl halides is 3. The topological polar surface area (TPSA) is 91.5 Å². The lowest BCUT2D eigenvalue weighted by Gasteiger charge is -2.21. The van der Waals surface area contributed by atoms with Crippen LogP contribution in [0.4, 0.5) is 18.9 Å². The molecule has 2 amide bonds. The van der Waals surface area contributed by atoms with Crippen molar-refractivity contribution in [2.24, 2.45) is 0 Å². The van der Waals surface area contributed by atoms with Crippen LogP contribution in [0.5, 0.6) is 0 Å². The van der Waals surface area contributed by atoms with E-state index in [1.807, 2.05) is 0 Å². The number of carbonyl (C=O) groups excluding carboxylic acids is 3. The van der Waals surface area contributed by atoms with Gasteiger partial charge in [-0.3, -0.25) is 9.59 Å². The van der Waals surface area contributed by atoms with Crippen molar-refractivity contribution in [3.05, 3.63) is 52.3 Å². The molecule has 2 rings (SSSR count). The fraction of sp³-hybridized carbons (Fsp3) is 0.409. The summed E-state index contributed by atoms with van der Waals surface area (Å²) in [5.74, 6) is -1.91. The second-order valence-electron chi connectivity index (χ2n) is 7.49. The summed E-state index contributed by atoms with van der Waals surface area (Å²) in [6.07, 6.45) is -4.98. The summed E-state index contributed by atoms with van der Waals surface area (Å²) in [5.41, 5.74) is -0.202. The molecule has 0 aliphatic carbocycles. The van der Waals surface area contributed by atoms with Crippen LogP contribution in [-0.4, -0.2) is 46.9 Å². The Hall–Kier alpha value is -3.30. The number of amides is 2. The fourth-order valence-corrected chi connectivity index (χ4v) is 3.23. The first-order valence-electron chi connectivity index (χ1n) is 10.0. The molecular weight excluding hydrogens is 427 g/mol. The van der Waals surface area contributed by atoms with Crippen molar-refractivity contribution in [3.8, 4) is 0 Å². The average Bonchev–Trinajstić information content (AvgIpc) is 2.98. The van der Waals surface area contributed by atoms with Crippen molar-refractivity contribution in [2.75, 3.05) is 18.4 Å². The Morgan fingerprint density at radius 3 is 2.34 bits per heavy atom. The molecule has 0 bridgehead atoms. The number of para-hydroxylation sites is 1. The fourth-order valence-electron chi connectivity index (χ4n) is 3.23. The minimum Gasteiger partial charge on any atom is -0.459 e. The molecule has 0 atom stereocenters. The molecule has 0 radical (unpaired) electrons. The van der Waals surface area contributed by atoms with Gasteiger partial charge in [-0.05, 0) is 52.3 Å². The van der Waals surface area contributed by atoms with E-state index in [0.29, 0.717) is 11.3 Å². The number of carbonyl (C=O) groups is 3. The van der Waals surface area contributed by atoms with Crippen molar-refractivity contribution in [2.45, 2.75) is 46.9 Å². The number of aromatic amines is 1. The largest absolute Gasteiger partial charge is 0.459 e. The van der Waals surface area contributed by atoms with Crippen molar-refractivity contribution >= 4 is 23.5 Å². The highest BCUT2D eigenvalue weighted by Crippen LogP contribution is 2.34. The van der Waals surface area contributed by atoms with Gasteiger partial charge in [0.15, 0.2) is 0 Å². The standard InChI is InChI=1S/C22H26F3N3O4/c1-6-28(11-17(29)27-16-10-8-7-9-15(16)22(23,24)25)20(30)19-13(4)18(14(5)26-19)21(31)32-12(2)3/h7-10,12,26H,6,11H2,1-5H3,(H,27,29). The highest BCUT2D eigenvalue weighted by atomic mass is 19.4. The van der Waals surface area contributed by atoms with Gasteiger partial charge in [0, 0.05) is 12.2 Å². The molecule has 7 nitrogen and oxygen atoms in total. The Morgan fingerprint density at radius 2 is 1.78 bits per heavy atom. The van der Waals surface area contributed by atoms with E-state index in [1.165, 1.54) is 17.0 Å². The Labute approximate surface area is 183 Å². The third kappa shape index (κ3) is 5.68. The Morgan fingerprint density at radius 1 is 1.16 bits per heavy atom. The zero-order chi connectivity index (χ0) is 24.2. The monoisotopic (exact) mass is 453 g/mol. The van der Waals surface area contributed by atoms with E-state index in [-0.39, 0.29) is 29.6 Å². The lowest BCUT2D eigenvalue weighted by Crippen LogP contribution is -2.38. The number of nitrogens with zero attached hydrogens (tertiary/aromatic N) is 1. The summed E-state index contributed by atoms with van der Waals surface area (Å²) < 4.78 is 44.7. The Bertz CT molecular complexity index is 1010. The highest BCUT2D eigenvalue weighted by Gasteiger charge is 2.34. The van der Waals surface area contributed by atoms with E-state index in [1.54, 1.807) is 34.6 Å². The first-order valence-corrected chi connectivity index (χ1v) is 10.0. The summed E-state index contributed by atoms with van der Waals surface area (Å²) in [6.45, 7) is 7.90. The van der Waals surface area contributed by atoms with Crippen molar-refractivity contribution in [1.82, 2.24) is 9.88 Å². The van der Waals surface area contributed by atoms with Gasteiger partial charge in [-0.25, -0.2) is 4.79 Å². The molecule has 0 saturated carbocycles. The first kappa shape index (κ1) is 25.0. The first-order chi connectivity index (χ1) is 14.9. The van der Waals surface area contributed by atoms with Gasteiger partial charge in [0.2, 0.25) is 5.91 Å². The van der Waals surface area contributed by atoms with Crippen LogP contribution >= 0.6 is 0 Å². The number of hydrogen-bond donors (Lipinski definition) is 2. The molecule has 2 aromatic rings. The van der Waals surface area contributed by atoms with Crippen LogP contribution < -0.4 is 5.32 Å². The molecule has 0 unspecified atom stereocenters. The van der Waals surface area contributed by atoms with E-state index in [9.17, 15) is 27.6 Å². The molecular formula is C22H26F3N3O4. The van der Waals surface area contributed by atoms with Crippen molar-refractivity contribution in [3.63, 3.8) is 0 Å². The minimum absolute atomic E-state index is 0.114. The molecule has 2 N–H and O–H groups in total. The predicted molar refractivity (Wildman–Crippen MR) is 112 cm³/mol. The molecule has 0 aliphatic rings. The minimum atomic E-state index is -4.63. The van der Waals surface area contributed by atoms with E-state index in [0.717, 1.165) is 12.1 Å². The smallest absolute Gasteiger partial charge is 0.418 e. The highest BCUT2D eigenvalue weighted by molar-refractivity contribution is 6.02. The normalized spacial score (nSPS) is 11.4. The quantitative estimate of drug-likeness (QED) is 0.611. The lowest BCUT2D eigenvalue weighted by molar-refractivity contribution is -0.137. The number of likely N-dealkylation sites (N-methyl/N-ethyl adjacent to an activating group) is 1. The van der Waals surface area contributed by atoms with Crippen LogP contribution in [0.2, 0.25) is 0 Å². The van der Waals surface area contributed by atoms with Gasteiger partial charge in [0.25, 0.3) is 5.91 Å². The molecule has 0 fully saturated rings. The summed E-state index contributed by atoms with van der Waals surface area (Å²) in [5, 5.41) is 2.22. The molecule has 0 spiro atoms. The number of hydrogen-bond acceptors (Lipinski definition) is 4. The van der Waals surface area contributed by atoms with E-state index in [4.69, 9.17) is 4.74 Å². The van der Waals surface area contributed by atoms with Crippen molar-refractivity contribution in [1.29, 1.82) is 0 Å². The van der Waals surface area contributed by atoms with Gasteiger partial charge in [0.1, 0.15) is 12.2 Å². The van der Waals surface area contributed by atoms with Crippen LogP contribution in [0.3, 0.4) is 0 Å². The van der Waals surface area contributed by atoms with Gasteiger partial charge < -0.3 is 19.9 Å². The molecule has 0 saturated heterocycles. The van der Waals surface area contributed by atoms with Crippen LogP contribution in [0.15, 0.2) is 24.3 Å². The number of aryl methyl sites for hydroxylation is 1.